The van der Waals surface area contributed by atoms with Crippen LogP contribution >= 0.6 is 11.6 Å². The average molecular weight is 335 g/mol. The number of hydrogen-bond donors (Lipinski definition) is 2. The second kappa shape index (κ2) is 7.28. The zero-order valence-electron chi connectivity index (χ0n) is 13.3. The molecule has 0 radical (unpaired) electrons. The highest BCUT2D eigenvalue weighted by Gasteiger charge is 2.26. The van der Waals surface area contributed by atoms with Crippen LogP contribution in [0.3, 0.4) is 0 Å². The Morgan fingerprint density at radius 3 is 2.78 bits per heavy atom. The number of carbonyl (C=O) groups is 1. The molecule has 0 unspecified atom stereocenters. The van der Waals surface area contributed by atoms with Gasteiger partial charge in [-0.1, -0.05) is 6.07 Å². The lowest BCUT2D eigenvalue weighted by Gasteiger charge is -2.20. The number of halogens is 1. The number of nitrogens with zero attached hydrogens (tertiary/aromatic N) is 2. The van der Waals surface area contributed by atoms with Gasteiger partial charge >= 0.3 is 0 Å². The Morgan fingerprint density at radius 2 is 2.09 bits per heavy atom. The largest absolute Gasteiger partial charge is 0.439 e. The molecule has 0 bridgehead atoms. The van der Waals surface area contributed by atoms with Gasteiger partial charge < -0.3 is 15.4 Å². The Kier molecular flexibility index (Phi) is 5.39. The second-order valence-electron chi connectivity index (χ2n) is 5.59. The van der Waals surface area contributed by atoms with Crippen molar-refractivity contribution < 1.29 is 9.53 Å². The SMILES string of the molecule is CNc1cc(Oc2cccc(NC(=O)C(C)(C)CCl)c2)ncn1. The quantitative estimate of drug-likeness (QED) is 0.790. The highest BCUT2D eigenvalue weighted by Crippen LogP contribution is 2.25. The maximum atomic E-state index is 12.2. The maximum absolute atomic E-state index is 12.2. The molecular weight excluding hydrogens is 316 g/mol. The molecule has 0 atom stereocenters. The number of carbonyl (C=O) groups excluding carboxylic acids is 1. The zero-order valence-corrected chi connectivity index (χ0v) is 14.0. The molecule has 0 fully saturated rings. The molecule has 0 spiro atoms. The van der Waals surface area contributed by atoms with E-state index in [-0.39, 0.29) is 11.8 Å². The third-order valence-corrected chi connectivity index (χ3v) is 3.83. The van der Waals surface area contributed by atoms with E-state index in [1.807, 2.05) is 0 Å². The van der Waals surface area contributed by atoms with Crippen molar-refractivity contribution >= 4 is 29.0 Å². The molecule has 0 aliphatic heterocycles. The van der Waals surface area contributed by atoms with Crippen LogP contribution in [0, 0.1) is 5.41 Å². The van der Waals surface area contributed by atoms with Crippen LogP contribution in [0.1, 0.15) is 13.8 Å². The van der Waals surface area contributed by atoms with Crippen molar-refractivity contribution in [1.29, 1.82) is 0 Å². The van der Waals surface area contributed by atoms with E-state index in [1.165, 1.54) is 6.33 Å². The predicted octanol–water partition coefficient (Wildman–Crippen LogP) is 3.51. The van der Waals surface area contributed by atoms with Gasteiger partial charge in [0, 0.05) is 30.7 Å². The number of aromatic nitrogens is 2. The van der Waals surface area contributed by atoms with Gasteiger partial charge in [0.05, 0.1) is 5.41 Å². The molecule has 7 heteroatoms. The number of ether oxygens (including phenoxy) is 1. The first kappa shape index (κ1) is 17.0. The van der Waals surface area contributed by atoms with E-state index in [2.05, 4.69) is 20.6 Å². The van der Waals surface area contributed by atoms with Gasteiger partial charge in [-0.3, -0.25) is 4.79 Å². The van der Waals surface area contributed by atoms with Crippen molar-refractivity contribution in [3.8, 4) is 11.6 Å². The van der Waals surface area contributed by atoms with Gasteiger partial charge in [0.1, 0.15) is 17.9 Å². The lowest BCUT2D eigenvalue weighted by Crippen LogP contribution is -2.32. The molecule has 1 aromatic heterocycles. The molecule has 0 saturated heterocycles. The summed E-state index contributed by atoms with van der Waals surface area (Å²) in [4.78, 5) is 20.2. The van der Waals surface area contributed by atoms with E-state index >= 15 is 0 Å². The van der Waals surface area contributed by atoms with E-state index in [0.29, 0.717) is 23.1 Å². The molecule has 2 rings (SSSR count). The lowest BCUT2D eigenvalue weighted by molar-refractivity contribution is -0.122. The number of alkyl halides is 1. The molecule has 6 nitrogen and oxygen atoms in total. The summed E-state index contributed by atoms with van der Waals surface area (Å²) >= 11 is 5.82. The molecular formula is C16H19ClN4O2. The van der Waals surface area contributed by atoms with E-state index < -0.39 is 5.41 Å². The Hall–Kier alpha value is -2.34. The number of hydrogen-bond acceptors (Lipinski definition) is 5. The van der Waals surface area contributed by atoms with E-state index in [0.717, 1.165) is 0 Å². The lowest BCUT2D eigenvalue weighted by atomic mass is 9.95. The van der Waals surface area contributed by atoms with E-state index in [9.17, 15) is 4.79 Å². The summed E-state index contributed by atoms with van der Waals surface area (Å²) < 4.78 is 5.69. The second-order valence-corrected chi connectivity index (χ2v) is 5.86. The Bertz CT molecular complexity index is 691. The van der Waals surface area contributed by atoms with Crippen molar-refractivity contribution in [2.24, 2.45) is 5.41 Å². The first-order valence-electron chi connectivity index (χ1n) is 7.10. The van der Waals surface area contributed by atoms with Crippen LogP contribution in [0.2, 0.25) is 0 Å². The highest BCUT2D eigenvalue weighted by molar-refractivity contribution is 6.20. The summed E-state index contributed by atoms with van der Waals surface area (Å²) in [5.74, 6) is 1.72. The highest BCUT2D eigenvalue weighted by atomic mass is 35.5. The minimum atomic E-state index is -0.646. The van der Waals surface area contributed by atoms with Crippen LogP contribution in [-0.2, 0) is 4.79 Å². The van der Waals surface area contributed by atoms with Gasteiger partial charge in [-0.2, -0.15) is 0 Å². The van der Waals surface area contributed by atoms with Gasteiger partial charge in [-0.25, -0.2) is 9.97 Å². The minimum absolute atomic E-state index is 0.149. The van der Waals surface area contributed by atoms with E-state index in [4.69, 9.17) is 16.3 Å². The van der Waals surface area contributed by atoms with Crippen molar-refractivity contribution in [2.45, 2.75) is 13.8 Å². The van der Waals surface area contributed by atoms with Gasteiger partial charge in [-0.15, -0.1) is 11.6 Å². The average Bonchev–Trinajstić information content (AvgIpc) is 2.55. The fraction of sp³-hybridized carbons (Fsp3) is 0.312. The number of amides is 1. The summed E-state index contributed by atoms with van der Waals surface area (Å²) in [7, 11) is 1.76. The number of benzene rings is 1. The minimum Gasteiger partial charge on any atom is -0.439 e. The normalized spacial score (nSPS) is 11.0. The summed E-state index contributed by atoms with van der Waals surface area (Å²) in [5, 5.41) is 5.75. The van der Waals surface area contributed by atoms with Gasteiger partial charge in [-0.05, 0) is 26.0 Å². The third-order valence-electron chi connectivity index (χ3n) is 3.16. The summed E-state index contributed by atoms with van der Waals surface area (Å²) in [6.07, 6.45) is 1.41. The van der Waals surface area contributed by atoms with Crippen molar-refractivity contribution in [1.82, 2.24) is 9.97 Å². The molecule has 2 N–H and O–H groups in total. The third kappa shape index (κ3) is 4.56. The standard InChI is InChI=1S/C16H19ClN4O2/c1-16(2,9-17)15(22)21-11-5-4-6-12(7-11)23-14-8-13(18-3)19-10-20-14/h4-8,10H,9H2,1-3H3,(H,21,22)(H,18,19,20). The monoisotopic (exact) mass is 334 g/mol. The molecule has 1 amide bonds. The Morgan fingerprint density at radius 1 is 1.30 bits per heavy atom. The Balaban J connectivity index is 2.12. The molecule has 1 heterocycles. The molecule has 0 saturated carbocycles. The summed E-state index contributed by atoms with van der Waals surface area (Å²) in [5.41, 5.74) is -0.0131. The number of anilines is 2. The van der Waals surface area contributed by atoms with Crippen LogP contribution in [0.5, 0.6) is 11.6 Å². The van der Waals surface area contributed by atoms with Crippen molar-refractivity contribution in [3.63, 3.8) is 0 Å². The topological polar surface area (TPSA) is 76.1 Å². The molecule has 0 aliphatic carbocycles. The molecule has 23 heavy (non-hydrogen) atoms. The number of rotatable bonds is 6. The van der Waals surface area contributed by atoms with Crippen LogP contribution in [0.15, 0.2) is 36.7 Å². The van der Waals surface area contributed by atoms with Crippen LogP contribution in [-0.4, -0.2) is 28.8 Å². The van der Waals surface area contributed by atoms with Gasteiger partial charge in [0.25, 0.3) is 0 Å². The maximum Gasteiger partial charge on any atom is 0.231 e. The predicted molar refractivity (Wildman–Crippen MR) is 91.2 cm³/mol. The van der Waals surface area contributed by atoms with Gasteiger partial charge in [0.15, 0.2) is 0 Å². The fourth-order valence-electron chi connectivity index (χ4n) is 1.65. The molecule has 2 aromatic rings. The Labute approximate surface area is 140 Å². The van der Waals surface area contributed by atoms with Crippen LogP contribution < -0.4 is 15.4 Å². The summed E-state index contributed by atoms with van der Waals surface area (Å²) in [6, 6.07) is 8.77. The van der Waals surface area contributed by atoms with Crippen LogP contribution in [0.4, 0.5) is 11.5 Å². The van der Waals surface area contributed by atoms with Gasteiger partial charge in [0.2, 0.25) is 11.8 Å². The first-order valence-corrected chi connectivity index (χ1v) is 7.63. The molecule has 0 aliphatic rings. The number of nitrogens with one attached hydrogen (secondary N) is 2. The molecule has 1 aromatic carbocycles. The molecule has 122 valence electrons. The van der Waals surface area contributed by atoms with Crippen molar-refractivity contribution in [2.75, 3.05) is 23.6 Å². The zero-order chi connectivity index (χ0) is 16.9. The van der Waals surface area contributed by atoms with Crippen LogP contribution in [0.25, 0.3) is 0 Å². The van der Waals surface area contributed by atoms with E-state index in [1.54, 1.807) is 51.2 Å². The van der Waals surface area contributed by atoms with Crippen molar-refractivity contribution in [3.05, 3.63) is 36.7 Å². The summed E-state index contributed by atoms with van der Waals surface area (Å²) in [6.45, 7) is 3.58. The smallest absolute Gasteiger partial charge is 0.231 e. The first-order chi connectivity index (χ1) is 10.9. The fourth-order valence-corrected chi connectivity index (χ4v) is 1.77.